The maximum atomic E-state index is 5.27. The summed E-state index contributed by atoms with van der Waals surface area (Å²) in [6.45, 7) is 1.82. The molecule has 0 N–H and O–H groups in total. The van der Waals surface area contributed by atoms with Crippen molar-refractivity contribution in [2.24, 2.45) is 0 Å². The largest absolute Gasteiger partial charge is 0.332 e. The van der Waals surface area contributed by atoms with Crippen LogP contribution in [0.2, 0.25) is 0 Å². The van der Waals surface area contributed by atoms with Gasteiger partial charge in [-0.15, -0.1) is 0 Å². The number of nitrogens with zero attached hydrogens (tertiary/aromatic N) is 4. The topological polar surface area (TPSA) is 56.7 Å². The average molecular weight is 266 g/mol. The minimum atomic E-state index is 0.510. The number of imidazole rings is 1. The van der Waals surface area contributed by atoms with Crippen molar-refractivity contribution in [3.05, 3.63) is 47.7 Å². The van der Waals surface area contributed by atoms with Gasteiger partial charge in [-0.1, -0.05) is 23.4 Å². The van der Waals surface area contributed by atoms with Gasteiger partial charge < -0.3 is 9.09 Å². The lowest BCUT2D eigenvalue weighted by Gasteiger charge is -2.08. The summed E-state index contributed by atoms with van der Waals surface area (Å²) >= 11 is 0. The third-order valence-electron chi connectivity index (χ3n) is 3.71. The van der Waals surface area contributed by atoms with Crippen LogP contribution in [0.5, 0.6) is 0 Å². The Kier molecular flexibility index (Phi) is 2.45. The van der Waals surface area contributed by atoms with Crippen molar-refractivity contribution >= 4 is 0 Å². The second-order valence-electron chi connectivity index (χ2n) is 5.04. The Labute approximate surface area is 116 Å². The monoisotopic (exact) mass is 266 g/mol. The number of hydrogen-bond acceptors (Lipinski definition) is 4. The maximum absolute atomic E-state index is 5.27. The highest BCUT2D eigenvalue weighted by Gasteiger charge is 2.21. The summed E-state index contributed by atoms with van der Waals surface area (Å²) in [6.07, 6.45) is 5.00. The predicted octanol–water partition coefficient (Wildman–Crippen LogP) is 2.72. The van der Waals surface area contributed by atoms with Crippen LogP contribution in [0.15, 0.2) is 35.1 Å². The van der Waals surface area contributed by atoms with E-state index in [4.69, 9.17) is 4.52 Å². The molecule has 1 aliphatic heterocycles. The van der Waals surface area contributed by atoms with E-state index in [0.29, 0.717) is 11.7 Å². The Balaban J connectivity index is 1.91. The second kappa shape index (κ2) is 4.30. The molecule has 0 atom stereocenters. The normalized spacial score (nSPS) is 13.7. The van der Waals surface area contributed by atoms with E-state index in [2.05, 4.69) is 44.0 Å². The van der Waals surface area contributed by atoms with E-state index in [0.717, 1.165) is 30.7 Å². The highest BCUT2D eigenvalue weighted by atomic mass is 16.5. The quantitative estimate of drug-likeness (QED) is 0.679. The van der Waals surface area contributed by atoms with E-state index in [9.17, 15) is 0 Å². The molecule has 2 aromatic heterocycles. The fourth-order valence-electron chi connectivity index (χ4n) is 2.80. The summed E-state index contributed by atoms with van der Waals surface area (Å²) in [5.74, 6) is 1.14. The first kappa shape index (κ1) is 11.4. The molecule has 0 fully saturated rings. The third-order valence-corrected chi connectivity index (χ3v) is 3.71. The van der Waals surface area contributed by atoms with Gasteiger partial charge in [-0.2, -0.15) is 4.98 Å². The van der Waals surface area contributed by atoms with Crippen LogP contribution in [-0.4, -0.2) is 19.7 Å². The van der Waals surface area contributed by atoms with Crippen LogP contribution < -0.4 is 0 Å². The van der Waals surface area contributed by atoms with Crippen molar-refractivity contribution in [2.75, 3.05) is 0 Å². The van der Waals surface area contributed by atoms with Crippen molar-refractivity contribution < 1.29 is 4.52 Å². The summed E-state index contributed by atoms with van der Waals surface area (Å²) in [5.41, 5.74) is 4.52. The number of hydrogen-bond donors (Lipinski definition) is 0. The molecule has 4 rings (SSSR count). The molecule has 5 heteroatoms. The number of aryl methyl sites for hydroxylation is 2. The van der Waals surface area contributed by atoms with E-state index in [-0.39, 0.29) is 0 Å². The van der Waals surface area contributed by atoms with Gasteiger partial charge in [0.05, 0.1) is 5.69 Å². The number of benzene rings is 1. The standard InChI is InChI=1S/C15H14N4O/c1-10-17-15(20-18-10)14-13-8-4-6-11-5-2-3-7-12(11)19(13)9-16-14/h2-3,5,7,9H,4,6,8H2,1H3. The molecule has 0 saturated carbocycles. The highest BCUT2D eigenvalue weighted by molar-refractivity contribution is 5.55. The van der Waals surface area contributed by atoms with Gasteiger partial charge >= 0.3 is 0 Å². The Morgan fingerprint density at radius 2 is 2.10 bits per heavy atom. The van der Waals surface area contributed by atoms with E-state index >= 15 is 0 Å². The van der Waals surface area contributed by atoms with Crippen molar-refractivity contribution in [1.29, 1.82) is 0 Å². The zero-order valence-electron chi connectivity index (χ0n) is 11.2. The van der Waals surface area contributed by atoms with Crippen LogP contribution in [0, 0.1) is 6.92 Å². The lowest BCUT2D eigenvalue weighted by Crippen LogP contribution is -1.98. The van der Waals surface area contributed by atoms with Gasteiger partial charge in [-0.05, 0) is 37.8 Å². The molecule has 3 heterocycles. The molecule has 0 saturated heterocycles. The predicted molar refractivity (Wildman–Crippen MR) is 73.6 cm³/mol. The third kappa shape index (κ3) is 1.66. The van der Waals surface area contributed by atoms with Gasteiger partial charge in [0.25, 0.3) is 5.89 Å². The molecule has 100 valence electrons. The first-order valence-corrected chi connectivity index (χ1v) is 6.78. The summed E-state index contributed by atoms with van der Waals surface area (Å²) in [6, 6.07) is 8.46. The van der Waals surface area contributed by atoms with E-state index in [1.54, 1.807) is 0 Å². The SMILES string of the molecule is Cc1noc(-c2ncn3c2CCCc2ccccc2-3)n1. The minimum absolute atomic E-state index is 0.510. The van der Waals surface area contributed by atoms with Crippen LogP contribution in [0.3, 0.4) is 0 Å². The minimum Gasteiger partial charge on any atom is -0.332 e. The molecular weight excluding hydrogens is 252 g/mol. The summed E-state index contributed by atoms with van der Waals surface area (Å²) in [4.78, 5) is 8.78. The van der Waals surface area contributed by atoms with Gasteiger partial charge in [0, 0.05) is 5.69 Å². The Morgan fingerprint density at radius 1 is 1.20 bits per heavy atom. The smallest absolute Gasteiger partial charge is 0.278 e. The molecule has 3 aromatic rings. The highest BCUT2D eigenvalue weighted by Crippen LogP contribution is 2.29. The second-order valence-corrected chi connectivity index (χ2v) is 5.04. The van der Waals surface area contributed by atoms with E-state index in [1.165, 1.54) is 11.3 Å². The maximum Gasteiger partial charge on any atom is 0.278 e. The zero-order valence-corrected chi connectivity index (χ0v) is 11.2. The average Bonchev–Trinajstić information content (AvgIpc) is 3.01. The fourth-order valence-corrected chi connectivity index (χ4v) is 2.80. The van der Waals surface area contributed by atoms with Crippen molar-refractivity contribution in [1.82, 2.24) is 19.7 Å². The molecule has 0 unspecified atom stereocenters. The molecule has 20 heavy (non-hydrogen) atoms. The van der Waals surface area contributed by atoms with Crippen molar-refractivity contribution in [3.8, 4) is 17.3 Å². The molecule has 1 aliphatic rings. The Bertz CT molecular complexity index is 772. The zero-order chi connectivity index (χ0) is 13.5. The summed E-state index contributed by atoms with van der Waals surface area (Å²) < 4.78 is 7.42. The summed E-state index contributed by atoms with van der Waals surface area (Å²) in [5, 5.41) is 3.85. The van der Waals surface area contributed by atoms with E-state index in [1.807, 2.05) is 13.3 Å². The molecule has 0 amide bonds. The van der Waals surface area contributed by atoms with Gasteiger partial charge in [-0.3, -0.25) is 0 Å². The molecule has 5 nitrogen and oxygen atoms in total. The lowest BCUT2D eigenvalue weighted by molar-refractivity contribution is 0.424. The molecular formula is C15H14N4O. The first-order chi connectivity index (χ1) is 9.83. The van der Waals surface area contributed by atoms with Crippen molar-refractivity contribution in [2.45, 2.75) is 26.2 Å². The molecule has 0 aliphatic carbocycles. The fraction of sp³-hybridized carbons (Fsp3) is 0.267. The number of fused-ring (bicyclic) bond motifs is 3. The van der Waals surface area contributed by atoms with Gasteiger partial charge in [0.2, 0.25) is 0 Å². The lowest BCUT2D eigenvalue weighted by atomic mass is 10.1. The number of para-hydroxylation sites is 1. The molecule has 0 radical (unpaired) electrons. The molecule has 0 bridgehead atoms. The number of rotatable bonds is 1. The summed E-state index contributed by atoms with van der Waals surface area (Å²) in [7, 11) is 0. The van der Waals surface area contributed by atoms with Crippen LogP contribution in [0.25, 0.3) is 17.3 Å². The van der Waals surface area contributed by atoms with Gasteiger partial charge in [0.15, 0.2) is 5.82 Å². The van der Waals surface area contributed by atoms with Crippen LogP contribution in [-0.2, 0) is 12.8 Å². The van der Waals surface area contributed by atoms with Crippen LogP contribution >= 0.6 is 0 Å². The van der Waals surface area contributed by atoms with Crippen LogP contribution in [0.1, 0.15) is 23.5 Å². The van der Waals surface area contributed by atoms with Gasteiger partial charge in [0.1, 0.15) is 12.0 Å². The molecule has 0 spiro atoms. The first-order valence-electron chi connectivity index (χ1n) is 6.78. The Morgan fingerprint density at radius 3 is 2.95 bits per heavy atom. The van der Waals surface area contributed by atoms with Gasteiger partial charge in [-0.25, -0.2) is 4.98 Å². The van der Waals surface area contributed by atoms with Crippen molar-refractivity contribution in [3.63, 3.8) is 0 Å². The van der Waals surface area contributed by atoms with Crippen LogP contribution in [0.4, 0.5) is 0 Å². The Hall–Kier alpha value is -2.43. The number of aromatic nitrogens is 4. The molecule has 1 aromatic carbocycles. The van der Waals surface area contributed by atoms with E-state index < -0.39 is 0 Å².